The molecule has 0 bridgehead atoms. The number of benzene rings is 2. The highest BCUT2D eigenvalue weighted by atomic mass is 16.6. The zero-order valence-electron chi connectivity index (χ0n) is 13.6. The van der Waals surface area contributed by atoms with Crippen molar-refractivity contribution in [3.05, 3.63) is 64.0 Å². The minimum atomic E-state index is -0.430. The summed E-state index contributed by atoms with van der Waals surface area (Å²) in [5.41, 5.74) is 1.22. The Morgan fingerprint density at radius 1 is 1.12 bits per heavy atom. The summed E-state index contributed by atoms with van der Waals surface area (Å²) >= 11 is 0. The van der Waals surface area contributed by atoms with Crippen LogP contribution in [0.15, 0.2) is 47.0 Å². The van der Waals surface area contributed by atoms with Gasteiger partial charge in [-0.15, -0.1) is 0 Å². The fourth-order valence-corrected chi connectivity index (χ4v) is 2.42. The van der Waals surface area contributed by atoms with Gasteiger partial charge >= 0.3 is 0 Å². The van der Waals surface area contributed by atoms with Gasteiger partial charge in [-0.25, -0.2) is 0 Å². The SMILES string of the molecule is COc1ccc(-c2noc(Cc3ccccc3[N+](=O)[O-])n2)cc1OC. The van der Waals surface area contributed by atoms with Gasteiger partial charge in [0.25, 0.3) is 5.69 Å². The molecule has 0 aliphatic rings. The summed E-state index contributed by atoms with van der Waals surface area (Å²) < 4.78 is 15.7. The number of methoxy groups -OCH3 is 2. The first-order valence-electron chi connectivity index (χ1n) is 7.39. The molecule has 1 aromatic heterocycles. The predicted octanol–water partition coefficient (Wildman–Crippen LogP) is 3.25. The molecule has 8 heteroatoms. The first-order valence-corrected chi connectivity index (χ1v) is 7.39. The average molecular weight is 341 g/mol. The van der Waals surface area contributed by atoms with Crippen LogP contribution in [0.1, 0.15) is 11.5 Å². The smallest absolute Gasteiger partial charge is 0.273 e. The maximum Gasteiger partial charge on any atom is 0.273 e. The summed E-state index contributed by atoms with van der Waals surface area (Å²) in [4.78, 5) is 15.0. The standard InChI is InChI=1S/C17H15N3O5/c1-23-14-8-7-12(9-15(14)24-2)17-18-16(25-19-17)10-11-5-3-4-6-13(11)20(21)22/h3-9H,10H2,1-2H3. The van der Waals surface area contributed by atoms with Crippen LogP contribution >= 0.6 is 0 Å². The highest BCUT2D eigenvalue weighted by molar-refractivity contribution is 5.60. The third-order valence-electron chi connectivity index (χ3n) is 3.64. The third-order valence-corrected chi connectivity index (χ3v) is 3.64. The van der Waals surface area contributed by atoms with Gasteiger partial charge in [0, 0.05) is 17.2 Å². The van der Waals surface area contributed by atoms with Crippen LogP contribution in [-0.2, 0) is 6.42 Å². The molecule has 0 aliphatic carbocycles. The predicted molar refractivity (Wildman–Crippen MR) is 88.7 cm³/mol. The van der Waals surface area contributed by atoms with Crippen molar-refractivity contribution >= 4 is 5.69 Å². The van der Waals surface area contributed by atoms with Crippen LogP contribution in [0.3, 0.4) is 0 Å². The van der Waals surface area contributed by atoms with Gasteiger partial charge in [-0.1, -0.05) is 23.4 Å². The van der Waals surface area contributed by atoms with E-state index >= 15 is 0 Å². The number of hydrogen-bond acceptors (Lipinski definition) is 7. The molecule has 0 radical (unpaired) electrons. The molecule has 0 fully saturated rings. The normalized spacial score (nSPS) is 10.5. The second-order valence-electron chi connectivity index (χ2n) is 5.14. The molecule has 0 saturated heterocycles. The van der Waals surface area contributed by atoms with E-state index in [1.165, 1.54) is 13.2 Å². The number of hydrogen-bond donors (Lipinski definition) is 0. The number of nitro benzene ring substituents is 1. The van der Waals surface area contributed by atoms with E-state index in [0.29, 0.717) is 34.3 Å². The molecule has 3 rings (SSSR count). The fraction of sp³-hybridized carbons (Fsp3) is 0.176. The summed E-state index contributed by atoms with van der Waals surface area (Å²) in [7, 11) is 3.09. The van der Waals surface area contributed by atoms with Crippen molar-refractivity contribution in [2.45, 2.75) is 6.42 Å². The molecule has 0 saturated carbocycles. The monoisotopic (exact) mass is 341 g/mol. The molecule has 0 spiro atoms. The first-order chi connectivity index (χ1) is 12.1. The number of nitrogens with zero attached hydrogens (tertiary/aromatic N) is 3. The highest BCUT2D eigenvalue weighted by Gasteiger charge is 2.17. The zero-order chi connectivity index (χ0) is 17.8. The Hall–Kier alpha value is -3.42. The van der Waals surface area contributed by atoms with E-state index in [0.717, 1.165) is 0 Å². The van der Waals surface area contributed by atoms with Gasteiger partial charge in [0.05, 0.1) is 25.6 Å². The third kappa shape index (κ3) is 3.42. The average Bonchev–Trinajstić information content (AvgIpc) is 3.10. The number of rotatable bonds is 6. The van der Waals surface area contributed by atoms with Crippen molar-refractivity contribution in [2.75, 3.05) is 14.2 Å². The van der Waals surface area contributed by atoms with Crippen molar-refractivity contribution < 1.29 is 18.9 Å². The summed E-state index contributed by atoms with van der Waals surface area (Å²) in [5.74, 6) is 1.80. The zero-order valence-corrected chi connectivity index (χ0v) is 13.6. The molecule has 2 aromatic carbocycles. The quantitative estimate of drug-likeness (QED) is 0.501. The van der Waals surface area contributed by atoms with Crippen molar-refractivity contribution in [3.8, 4) is 22.9 Å². The van der Waals surface area contributed by atoms with Gasteiger partial charge in [0.2, 0.25) is 11.7 Å². The van der Waals surface area contributed by atoms with E-state index in [-0.39, 0.29) is 12.1 Å². The lowest BCUT2D eigenvalue weighted by atomic mass is 10.1. The number of aromatic nitrogens is 2. The molecule has 3 aromatic rings. The minimum absolute atomic E-state index is 0.0216. The van der Waals surface area contributed by atoms with Gasteiger partial charge in [0.1, 0.15) is 0 Å². The Bertz CT molecular complexity index is 907. The van der Waals surface area contributed by atoms with E-state index in [9.17, 15) is 10.1 Å². The second kappa shape index (κ2) is 7.00. The fourth-order valence-electron chi connectivity index (χ4n) is 2.42. The molecule has 0 amide bonds. The molecule has 0 unspecified atom stereocenters. The van der Waals surface area contributed by atoms with E-state index in [2.05, 4.69) is 10.1 Å². The summed E-state index contributed by atoms with van der Waals surface area (Å²) in [6.07, 6.45) is 0.178. The summed E-state index contributed by atoms with van der Waals surface area (Å²) in [6, 6.07) is 11.7. The molecule has 1 heterocycles. The van der Waals surface area contributed by atoms with Crippen LogP contribution in [-0.4, -0.2) is 29.3 Å². The van der Waals surface area contributed by atoms with Gasteiger partial charge in [-0.05, 0) is 18.2 Å². The van der Waals surface area contributed by atoms with Crippen molar-refractivity contribution in [1.29, 1.82) is 0 Å². The molecule has 8 nitrogen and oxygen atoms in total. The summed E-state index contributed by atoms with van der Waals surface area (Å²) in [6.45, 7) is 0. The van der Waals surface area contributed by atoms with Gasteiger partial charge in [-0.3, -0.25) is 10.1 Å². The van der Waals surface area contributed by atoms with Crippen LogP contribution in [0, 0.1) is 10.1 Å². The maximum atomic E-state index is 11.1. The van der Waals surface area contributed by atoms with Gasteiger partial charge < -0.3 is 14.0 Å². The van der Waals surface area contributed by atoms with Crippen LogP contribution in [0.25, 0.3) is 11.4 Å². The largest absolute Gasteiger partial charge is 0.493 e. The Labute approximate surface area is 143 Å². The highest BCUT2D eigenvalue weighted by Crippen LogP contribution is 2.31. The number of ether oxygens (including phenoxy) is 2. The van der Waals surface area contributed by atoms with Gasteiger partial charge in [-0.2, -0.15) is 4.98 Å². The molecular formula is C17H15N3O5. The minimum Gasteiger partial charge on any atom is -0.493 e. The van der Waals surface area contributed by atoms with Crippen molar-refractivity contribution in [2.24, 2.45) is 0 Å². The van der Waals surface area contributed by atoms with Gasteiger partial charge in [0.15, 0.2) is 11.5 Å². The van der Waals surface area contributed by atoms with E-state index in [1.807, 2.05) is 0 Å². The second-order valence-corrected chi connectivity index (χ2v) is 5.14. The lowest BCUT2D eigenvalue weighted by Crippen LogP contribution is -1.96. The Kier molecular flexibility index (Phi) is 4.60. The van der Waals surface area contributed by atoms with Crippen LogP contribution in [0.5, 0.6) is 11.5 Å². The lowest BCUT2D eigenvalue weighted by Gasteiger charge is -2.07. The molecule has 25 heavy (non-hydrogen) atoms. The maximum absolute atomic E-state index is 11.1. The molecule has 0 N–H and O–H groups in total. The Morgan fingerprint density at radius 2 is 1.88 bits per heavy atom. The Morgan fingerprint density at radius 3 is 2.60 bits per heavy atom. The van der Waals surface area contributed by atoms with E-state index < -0.39 is 4.92 Å². The van der Waals surface area contributed by atoms with Crippen LogP contribution < -0.4 is 9.47 Å². The van der Waals surface area contributed by atoms with E-state index in [1.54, 1.807) is 43.5 Å². The molecular weight excluding hydrogens is 326 g/mol. The number of nitro groups is 1. The first kappa shape index (κ1) is 16.4. The molecule has 128 valence electrons. The topological polar surface area (TPSA) is 101 Å². The van der Waals surface area contributed by atoms with Crippen molar-refractivity contribution in [1.82, 2.24) is 10.1 Å². The lowest BCUT2D eigenvalue weighted by molar-refractivity contribution is -0.385. The van der Waals surface area contributed by atoms with Crippen LogP contribution in [0.2, 0.25) is 0 Å². The van der Waals surface area contributed by atoms with Crippen molar-refractivity contribution in [3.63, 3.8) is 0 Å². The Balaban J connectivity index is 1.87. The molecule has 0 aliphatic heterocycles. The molecule has 0 atom stereocenters. The summed E-state index contributed by atoms with van der Waals surface area (Å²) in [5, 5.41) is 15.0. The number of para-hydroxylation sites is 1. The van der Waals surface area contributed by atoms with Crippen LogP contribution in [0.4, 0.5) is 5.69 Å². The van der Waals surface area contributed by atoms with E-state index in [4.69, 9.17) is 14.0 Å².